The third kappa shape index (κ3) is 2.46. The van der Waals surface area contributed by atoms with Crippen molar-refractivity contribution in [3.05, 3.63) is 23.9 Å². The van der Waals surface area contributed by atoms with Gasteiger partial charge < -0.3 is 10.2 Å². The topological polar surface area (TPSA) is 64.3 Å². The van der Waals surface area contributed by atoms with Gasteiger partial charge in [-0.15, -0.1) is 0 Å². The molecule has 2 aliphatic heterocycles. The van der Waals surface area contributed by atoms with Crippen molar-refractivity contribution in [2.45, 2.75) is 31.8 Å². The van der Waals surface area contributed by atoms with Gasteiger partial charge in [-0.2, -0.15) is 5.26 Å². The highest BCUT2D eigenvalue weighted by Crippen LogP contribution is 2.28. The molecule has 0 aliphatic carbocycles. The number of rotatable bonds is 2. The Bertz CT molecular complexity index is 539. The number of nitrogens with zero attached hydrogens (tertiary/aromatic N) is 4. The maximum Gasteiger partial charge on any atom is 0.142 e. The molecule has 20 heavy (non-hydrogen) atoms. The van der Waals surface area contributed by atoms with Crippen LogP contribution in [0.3, 0.4) is 0 Å². The van der Waals surface area contributed by atoms with Crippen molar-refractivity contribution in [1.82, 2.24) is 10.3 Å². The molecule has 0 saturated carbocycles. The van der Waals surface area contributed by atoms with E-state index in [1.54, 1.807) is 6.07 Å². The predicted molar refractivity (Wildman–Crippen MR) is 78.8 cm³/mol. The van der Waals surface area contributed by atoms with Crippen LogP contribution in [-0.4, -0.2) is 36.5 Å². The molecule has 0 spiro atoms. The lowest BCUT2D eigenvalue weighted by molar-refractivity contribution is 0.317. The molecule has 5 nitrogen and oxygen atoms in total. The summed E-state index contributed by atoms with van der Waals surface area (Å²) in [6.45, 7) is 4.18. The number of nitriles is 1. The molecule has 1 N–H and O–H groups in total. The van der Waals surface area contributed by atoms with E-state index in [-0.39, 0.29) is 0 Å². The molecule has 2 unspecified atom stereocenters. The van der Waals surface area contributed by atoms with Gasteiger partial charge in [0.2, 0.25) is 0 Å². The summed E-state index contributed by atoms with van der Waals surface area (Å²) in [5, 5.41) is 12.2. The number of aliphatic imine (C=N–C) groups is 1. The van der Waals surface area contributed by atoms with Gasteiger partial charge in [0.05, 0.1) is 12.4 Å². The zero-order valence-electron chi connectivity index (χ0n) is 11.7. The molecule has 1 aromatic heterocycles. The maximum absolute atomic E-state index is 8.92. The largest absolute Gasteiger partial charge is 0.372 e. The summed E-state index contributed by atoms with van der Waals surface area (Å²) >= 11 is 0. The van der Waals surface area contributed by atoms with Crippen LogP contribution in [0, 0.1) is 17.2 Å². The number of piperidine rings is 1. The Kier molecular flexibility index (Phi) is 3.55. The Morgan fingerprint density at radius 2 is 2.15 bits per heavy atom. The van der Waals surface area contributed by atoms with E-state index < -0.39 is 0 Å². The van der Waals surface area contributed by atoms with Crippen LogP contribution in [0.4, 0.5) is 5.82 Å². The fourth-order valence-electron chi connectivity index (χ4n) is 3.14. The lowest BCUT2D eigenvalue weighted by Gasteiger charge is -2.35. The monoisotopic (exact) mass is 269 g/mol. The van der Waals surface area contributed by atoms with Crippen molar-refractivity contribution in [2.24, 2.45) is 10.9 Å². The molecule has 0 radical (unpaired) electrons. The van der Waals surface area contributed by atoms with E-state index in [0.717, 1.165) is 31.7 Å². The van der Waals surface area contributed by atoms with Gasteiger partial charge in [-0.3, -0.25) is 4.99 Å². The minimum absolute atomic E-state index is 0.413. The van der Waals surface area contributed by atoms with E-state index in [0.29, 0.717) is 23.7 Å². The van der Waals surface area contributed by atoms with Crippen LogP contribution < -0.4 is 10.2 Å². The molecule has 0 amide bonds. The Labute approximate surface area is 119 Å². The van der Waals surface area contributed by atoms with E-state index in [4.69, 9.17) is 5.26 Å². The smallest absolute Gasteiger partial charge is 0.142 e. The SMILES string of the molecule is CC1NC=NC1C1CCN(c2cccc(C#N)n2)CC1. The van der Waals surface area contributed by atoms with E-state index in [9.17, 15) is 0 Å². The van der Waals surface area contributed by atoms with Gasteiger partial charge >= 0.3 is 0 Å². The Morgan fingerprint density at radius 1 is 1.35 bits per heavy atom. The van der Waals surface area contributed by atoms with Crippen LogP contribution in [0.5, 0.6) is 0 Å². The highest BCUT2D eigenvalue weighted by atomic mass is 15.2. The first-order valence-corrected chi connectivity index (χ1v) is 7.18. The predicted octanol–water partition coefficient (Wildman–Crippen LogP) is 1.56. The summed E-state index contributed by atoms with van der Waals surface area (Å²) < 4.78 is 0. The summed E-state index contributed by atoms with van der Waals surface area (Å²) in [5.74, 6) is 1.57. The summed E-state index contributed by atoms with van der Waals surface area (Å²) in [6, 6.07) is 8.60. The minimum Gasteiger partial charge on any atom is -0.372 e. The van der Waals surface area contributed by atoms with Crippen molar-refractivity contribution >= 4 is 12.2 Å². The fourth-order valence-corrected chi connectivity index (χ4v) is 3.14. The molecule has 3 heterocycles. The van der Waals surface area contributed by atoms with Gasteiger partial charge in [-0.1, -0.05) is 6.07 Å². The number of pyridine rings is 1. The number of nitrogens with one attached hydrogen (secondary N) is 1. The summed E-state index contributed by atoms with van der Waals surface area (Å²) in [5.41, 5.74) is 0.489. The highest BCUT2D eigenvalue weighted by molar-refractivity contribution is 5.58. The molecule has 1 aromatic rings. The van der Waals surface area contributed by atoms with Crippen LogP contribution in [0.15, 0.2) is 23.2 Å². The Balaban J connectivity index is 1.63. The average Bonchev–Trinajstić information content (AvgIpc) is 2.94. The Hall–Kier alpha value is -2.09. The van der Waals surface area contributed by atoms with Crippen molar-refractivity contribution in [3.63, 3.8) is 0 Å². The molecule has 1 fully saturated rings. The molecule has 104 valence electrons. The van der Waals surface area contributed by atoms with Crippen LogP contribution in [-0.2, 0) is 0 Å². The van der Waals surface area contributed by atoms with Gasteiger partial charge in [0.25, 0.3) is 0 Å². The summed E-state index contributed by atoms with van der Waals surface area (Å²) in [6.07, 6.45) is 4.11. The van der Waals surface area contributed by atoms with Crippen molar-refractivity contribution < 1.29 is 0 Å². The zero-order valence-corrected chi connectivity index (χ0v) is 11.7. The van der Waals surface area contributed by atoms with Gasteiger partial charge in [-0.25, -0.2) is 4.98 Å². The van der Waals surface area contributed by atoms with Gasteiger partial charge in [0.1, 0.15) is 17.6 Å². The van der Waals surface area contributed by atoms with E-state index >= 15 is 0 Å². The normalized spacial score (nSPS) is 26.3. The molecule has 0 aromatic carbocycles. The number of anilines is 1. The second kappa shape index (κ2) is 5.49. The van der Waals surface area contributed by atoms with Gasteiger partial charge in [0, 0.05) is 19.1 Å². The molecule has 3 rings (SSSR count). The van der Waals surface area contributed by atoms with Crippen LogP contribution in [0.2, 0.25) is 0 Å². The van der Waals surface area contributed by atoms with Gasteiger partial charge in [0.15, 0.2) is 0 Å². The summed E-state index contributed by atoms with van der Waals surface area (Å²) in [7, 11) is 0. The number of aromatic nitrogens is 1. The minimum atomic E-state index is 0.413. The second-order valence-electron chi connectivity index (χ2n) is 5.54. The standard InChI is InChI=1S/C15H19N5/c1-11-15(18-10-17-11)12-5-7-20(8-6-12)14-4-2-3-13(9-16)19-14/h2-4,10-12,15H,5-8H2,1H3,(H,17,18). The second-order valence-corrected chi connectivity index (χ2v) is 5.54. The lowest BCUT2D eigenvalue weighted by Crippen LogP contribution is -2.41. The molecular formula is C15H19N5. The van der Waals surface area contributed by atoms with Crippen molar-refractivity contribution in [2.75, 3.05) is 18.0 Å². The van der Waals surface area contributed by atoms with Crippen LogP contribution in [0.1, 0.15) is 25.5 Å². The first kappa shape index (κ1) is 12.9. The first-order valence-electron chi connectivity index (χ1n) is 7.18. The quantitative estimate of drug-likeness (QED) is 0.885. The van der Waals surface area contributed by atoms with E-state index in [1.807, 2.05) is 18.5 Å². The molecule has 0 bridgehead atoms. The van der Waals surface area contributed by atoms with Crippen molar-refractivity contribution in [1.29, 1.82) is 5.26 Å². The van der Waals surface area contributed by atoms with E-state index in [1.165, 1.54) is 0 Å². The lowest BCUT2D eigenvalue weighted by atomic mass is 9.86. The van der Waals surface area contributed by atoms with Gasteiger partial charge in [-0.05, 0) is 37.8 Å². The average molecular weight is 269 g/mol. The number of hydrogen-bond donors (Lipinski definition) is 1. The van der Waals surface area contributed by atoms with Crippen LogP contribution >= 0.6 is 0 Å². The zero-order chi connectivity index (χ0) is 13.9. The first-order chi connectivity index (χ1) is 9.78. The molecule has 2 aliphatic rings. The summed E-state index contributed by atoms with van der Waals surface area (Å²) in [4.78, 5) is 11.2. The number of hydrogen-bond acceptors (Lipinski definition) is 5. The highest BCUT2D eigenvalue weighted by Gasteiger charge is 2.31. The molecule has 1 saturated heterocycles. The third-order valence-corrected chi connectivity index (χ3v) is 4.29. The Morgan fingerprint density at radius 3 is 2.80 bits per heavy atom. The third-order valence-electron chi connectivity index (χ3n) is 4.29. The molecule has 2 atom stereocenters. The van der Waals surface area contributed by atoms with E-state index in [2.05, 4.69) is 33.2 Å². The molecular weight excluding hydrogens is 250 g/mol. The van der Waals surface area contributed by atoms with Crippen molar-refractivity contribution in [3.8, 4) is 6.07 Å². The van der Waals surface area contributed by atoms with Crippen LogP contribution in [0.25, 0.3) is 0 Å². The molecule has 5 heteroatoms. The fraction of sp³-hybridized carbons (Fsp3) is 0.533. The maximum atomic E-state index is 8.92.